The SMILES string of the molecule is Cl.O=C(O)CN1CCc2sccc2[C@H]1c1ccccc1Cl. The summed E-state index contributed by atoms with van der Waals surface area (Å²) in [5, 5.41) is 11.9. The van der Waals surface area contributed by atoms with Crippen LogP contribution in [0.25, 0.3) is 0 Å². The number of rotatable bonds is 3. The van der Waals surface area contributed by atoms with E-state index in [0.29, 0.717) is 5.02 Å². The van der Waals surface area contributed by atoms with Crippen molar-refractivity contribution in [1.82, 2.24) is 4.90 Å². The highest BCUT2D eigenvalue weighted by molar-refractivity contribution is 7.10. The van der Waals surface area contributed by atoms with Gasteiger partial charge < -0.3 is 5.11 Å². The number of hydrogen-bond acceptors (Lipinski definition) is 3. The van der Waals surface area contributed by atoms with Gasteiger partial charge >= 0.3 is 5.97 Å². The molecule has 0 amide bonds. The number of carboxylic acids is 1. The fourth-order valence-electron chi connectivity index (χ4n) is 2.77. The van der Waals surface area contributed by atoms with Crippen LogP contribution in [0.4, 0.5) is 0 Å². The highest BCUT2D eigenvalue weighted by Gasteiger charge is 2.31. The lowest BCUT2D eigenvalue weighted by Crippen LogP contribution is -2.39. The zero-order valence-corrected chi connectivity index (χ0v) is 13.5. The minimum absolute atomic E-state index is 0. The lowest BCUT2D eigenvalue weighted by atomic mass is 9.93. The average molecular weight is 344 g/mol. The van der Waals surface area contributed by atoms with E-state index in [9.17, 15) is 4.79 Å². The van der Waals surface area contributed by atoms with E-state index in [4.69, 9.17) is 16.7 Å². The number of halogens is 2. The summed E-state index contributed by atoms with van der Waals surface area (Å²) in [7, 11) is 0. The number of hydrogen-bond donors (Lipinski definition) is 1. The van der Waals surface area contributed by atoms with Gasteiger partial charge in [-0.25, -0.2) is 0 Å². The van der Waals surface area contributed by atoms with Crippen LogP contribution in [-0.2, 0) is 11.2 Å². The normalized spacial score (nSPS) is 17.9. The third kappa shape index (κ3) is 3.24. The molecule has 6 heteroatoms. The quantitative estimate of drug-likeness (QED) is 0.919. The van der Waals surface area contributed by atoms with Crippen LogP contribution in [0.5, 0.6) is 0 Å². The molecule has 112 valence electrons. The van der Waals surface area contributed by atoms with E-state index in [1.807, 2.05) is 29.2 Å². The molecular formula is C15H15Cl2NO2S. The van der Waals surface area contributed by atoms with Crippen LogP contribution < -0.4 is 0 Å². The van der Waals surface area contributed by atoms with Crippen molar-refractivity contribution >= 4 is 41.3 Å². The summed E-state index contributed by atoms with van der Waals surface area (Å²) in [5.41, 5.74) is 2.17. The Labute approximate surface area is 138 Å². The number of benzene rings is 1. The Morgan fingerprint density at radius 3 is 2.81 bits per heavy atom. The van der Waals surface area contributed by atoms with E-state index in [-0.39, 0.29) is 25.0 Å². The monoisotopic (exact) mass is 343 g/mol. The molecule has 21 heavy (non-hydrogen) atoms. The number of carbonyl (C=O) groups is 1. The summed E-state index contributed by atoms with van der Waals surface area (Å²) in [5.74, 6) is -0.805. The number of carboxylic acid groups (broad SMARTS) is 1. The summed E-state index contributed by atoms with van der Waals surface area (Å²) in [6.45, 7) is 0.779. The molecule has 0 radical (unpaired) electrons. The van der Waals surface area contributed by atoms with E-state index < -0.39 is 5.97 Å². The van der Waals surface area contributed by atoms with Crippen LogP contribution in [0.2, 0.25) is 5.02 Å². The lowest BCUT2D eigenvalue weighted by Gasteiger charge is -2.35. The van der Waals surface area contributed by atoms with Crippen LogP contribution in [0.1, 0.15) is 22.0 Å². The minimum atomic E-state index is -0.805. The summed E-state index contributed by atoms with van der Waals surface area (Å²) in [6, 6.07) is 9.70. The maximum atomic E-state index is 11.1. The molecule has 2 aromatic rings. The molecule has 3 rings (SSSR count). The second kappa shape index (κ2) is 6.79. The predicted octanol–water partition coefficient (Wildman–Crippen LogP) is 3.86. The maximum Gasteiger partial charge on any atom is 0.317 e. The van der Waals surface area contributed by atoms with Crippen LogP contribution >= 0.6 is 35.3 Å². The maximum absolute atomic E-state index is 11.1. The van der Waals surface area contributed by atoms with Gasteiger partial charge in [-0.1, -0.05) is 29.8 Å². The van der Waals surface area contributed by atoms with Gasteiger partial charge in [-0.2, -0.15) is 0 Å². The summed E-state index contributed by atoms with van der Waals surface area (Å²) >= 11 is 8.06. The molecule has 0 saturated carbocycles. The van der Waals surface area contributed by atoms with Crippen molar-refractivity contribution in [3.05, 3.63) is 56.7 Å². The Bertz CT molecular complexity index is 644. The average Bonchev–Trinajstić information content (AvgIpc) is 2.87. The Morgan fingerprint density at radius 2 is 2.10 bits per heavy atom. The smallest absolute Gasteiger partial charge is 0.317 e. The summed E-state index contributed by atoms with van der Waals surface area (Å²) in [4.78, 5) is 14.4. The summed E-state index contributed by atoms with van der Waals surface area (Å²) < 4.78 is 0. The van der Waals surface area contributed by atoms with Crippen molar-refractivity contribution < 1.29 is 9.90 Å². The molecule has 0 saturated heterocycles. The minimum Gasteiger partial charge on any atom is -0.480 e. The Morgan fingerprint density at radius 1 is 1.33 bits per heavy atom. The van der Waals surface area contributed by atoms with E-state index in [1.165, 1.54) is 10.4 Å². The Kier molecular flexibility index (Phi) is 5.27. The second-order valence-electron chi connectivity index (χ2n) is 4.84. The van der Waals surface area contributed by atoms with Crippen LogP contribution in [-0.4, -0.2) is 29.1 Å². The molecule has 1 aliphatic heterocycles. The number of nitrogens with zero attached hydrogens (tertiary/aromatic N) is 1. The molecule has 1 aliphatic rings. The van der Waals surface area contributed by atoms with Gasteiger partial charge in [0.1, 0.15) is 0 Å². The molecule has 1 aromatic heterocycles. The van der Waals surface area contributed by atoms with Crippen molar-refractivity contribution in [3.63, 3.8) is 0 Å². The van der Waals surface area contributed by atoms with Crippen molar-refractivity contribution in [1.29, 1.82) is 0 Å². The van der Waals surface area contributed by atoms with Crippen molar-refractivity contribution in [2.45, 2.75) is 12.5 Å². The van der Waals surface area contributed by atoms with Gasteiger partial charge in [-0.3, -0.25) is 9.69 Å². The molecule has 1 N–H and O–H groups in total. The molecule has 0 bridgehead atoms. The molecule has 0 spiro atoms. The zero-order valence-electron chi connectivity index (χ0n) is 11.2. The Balaban J connectivity index is 0.00000161. The van der Waals surface area contributed by atoms with Gasteiger partial charge in [-0.05, 0) is 35.1 Å². The topological polar surface area (TPSA) is 40.5 Å². The predicted molar refractivity (Wildman–Crippen MR) is 87.8 cm³/mol. The molecule has 0 fully saturated rings. The second-order valence-corrected chi connectivity index (χ2v) is 6.25. The molecule has 1 aromatic carbocycles. The van der Waals surface area contributed by atoms with Crippen LogP contribution in [0.3, 0.4) is 0 Å². The van der Waals surface area contributed by atoms with Gasteiger partial charge in [0.05, 0.1) is 12.6 Å². The van der Waals surface area contributed by atoms with Gasteiger partial charge in [0, 0.05) is 16.4 Å². The van der Waals surface area contributed by atoms with E-state index >= 15 is 0 Å². The van der Waals surface area contributed by atoms with Crippen molar-refractivity contribution in [2.24, 2.45) is 0 Å². The first kappa shape index (κ1) is 16.3. The number of aliphatic carboxylic acids is 1. The van der Waals surface area contributed by atoms with Gasteiger partial charge in [-0.15, -0.1) is 23.7 Å². The number of thiophene rings is 1. The van der Waals surface area contributed by atoms with Gasteiger partial charge in [0.25, 0.3) is 0 Å². The number of fused-ring (bicyclic) bond motifs is 1. The first-order chi connectivity index (χ1) is 9.66. The molecular weight excluding hydrogens is 329 g/mol. The standard InChI is InChI=1S/C15H14ClNO2S.ClH/c16-12-4-2-1-3-10(12)15-11-6-8-20-13(11)5-7-17(15)9-14(18)19;/h1-4,6,8,15H,5,7,9H2,(H,18,19);1H/t15-;/m1./s1. The van der Waals surface area contributed by atoms with Gasteiger partial charge in [0.2, 0.25) is 0 Å². The largest absolute Gasteiger partial charge is 0.480 e. The van der Waals surface area contributed by atoms with Crippen molar-refractivity contribution in [3.8, 4) is 0 Å². The summed E-state index contributed by atoms with van der Waals surface area (Å²) in [6.07, 6.45) is 0.904. The third-order valence-electron chi connectivity index (χ3n) is 3.60. The van der Waals surface area contributed by atoms with E-state index in [2.05, 4.69) is 11.4 Å². The molecule has 0 unspecified atom stereocenters. The highest BCUT2D eigenvalue weighted by Crippen LogP contribution is 2.39. The lowest BCUT2D eigenvalue weighted by molar-refractivity contribution is -0.138. The molecule has 0 aliphatic carbocycles. The van der Waals surface area contributed by atoms with E-state index in [1.54, 1.807) is 11.3 Å². The first-order valence-corrected chi connectivity index (χ1v) is 7.69. The fraction of sp³-hybridized carbons (Fsp3) is 0.267. The molecule has 1 atom stereocenters. The van der Waals surface area contributed by atoms with Crippen LogP contribution in [0, 0.1) is 0 Å². The van der Waals surface area contributed by atoms with Crippen molar-refractivity contribution in [2.75, 3.05) is 13.1 Å². The molecule has 3 nitrogen and oxygen atoms in total. The zero-order chi connectivity index (χ0) is 14.1. The highest BCUT2D eigenvalue weighted by atomic mass is 35.5. The third-order valence-corrected chi connectivity index (χ3v) is 4.94. The van der Waals surface area contributed by atoms with Gasteiger partial charge in [0.15, 0.2) is 0 Å². The Hall–Kier alpha value is -1.07. The molecule has 2 heterocycles. The van der Waals surface area contributed by atoms with E-state index in [0.717, 1.165) is 18.5 Å². The fourth-order valence-corrected chi connectivity index (χ4v) is 3.92. The first-order valence-electron chi connectivity index (χ1n) is 6.43. The van der Waals surface area contributed by atoms with Crippen LogP contribution in [0.15, 0.2) is 35.7 Å².